The van der Waals surface area contributed by atoms with E-state index in [4.69, 9.17) is 23.8 Å². The summed E-state index contributed by atoms with van der Waals surface area (Å²) in [6, 6.07) is 11.7. The van der Waals surface area contributed by atoms with Gasteiger partial charge in [0.15, 0.2) is 5.11 Å². The van der Waals surface area contributed by atoms with Gasteiger partial charge in [-0.3, -0.25) is 4.98 Å². The molecule has 1 aromatic heterocycles. The average molecular weight is 352 g/mol. The molecule has 2 N–H and O–H groups in total. The number of hydrogen-bond acceptors (Lipinski definition) is 3. The highest BCUT2D eigenvalue weighted by Crippen LogP contribution is 2.20. The van der Waals surface area contributed by atoms with E-state index in [2.05, 4.69) is 21.7 Å². The van der Waals surface area contributed by atoms with E-state index >= 15 is 0 Å². The molecule has 0 amide bonds. The number of nitrogens with one attached hydrogen (secondary N) is 2. The van der Waals surface area contributed by atoms with Crippen molar-refractivity contribution in [2.24, 2.45) is 0 Å². The fourth-order valence-electron chi connectivity index (χ4n) is 1.78. The number of halogens is 1. The first-order valence-corrected chi connectivity index (χ1v) is 8.96. The fourth-order valence-corrected chi connectivity index (χ4v) is 3.25. The van der Waals surface area contributed by atoms with Crippen LogP contribution >= 0.6 is 35.6 Å². The molecular formula is C16H18ClN3S2. The summed E-state index contributed by atoms with van der Waals surface area (Å²) in [5.41, 5.74) is 2.14. The highest BCUT2D eigenvalue weighted by molar-refractivity contribution is 7.98. The number of pyridine rings is 1. The summed E-state index contributed by atoms with van der Waals surface area (Å²) in [6.07, 6.45) is 4.51. The Kier molecular flexibility index (Phi) is 7.49. The molecule has 0 bridgehead atoms. The van der Waals surface area contributed by atoms with Crippen LogP contribution in [0.2, 0.25) is 5.02 Å². The van der Waals surface area contributed by atoms with E-state index in [-0.39, 0.29) is 0 Å². The Hall–Kier alpha value is -1.30. The number of hydrogen-bond donors (Lipinski definition) is 2. The van der Waals surface area contributed by atoms with Crippen LogP contribution < -0.4 is 10.6 Å². The van der Waals surface area contributed by atoms with E-state index < -0.39 is 0 Å². The molecule has 0 unspecified atom stereocenters. The summed E-state index contributed by atoms with van der Waals surface area (Å²) >= 11 is 13.2. The van der Waals surface area contributed by atoms with Crippen molar-refractivity contribution in [1.82, 2.24) is 10.3 Å². The minimum Gasteiger partial charge on any atom is -0.362 e. The molecule has 0 aliphatic rings. The molecule has 6 heteroatoms. The number of nitrogens with zero attached hydrogens (tertiary/aromatic N) is 1. The van der Waals surface area contributed by atoms with Crippen LogP contribution in [0.4, 0.5) is 5.69 Å². The maximum Gasteiger partial charge on any atom is 0.170 e. The molecule has 1 aromatic carbocycles. The number of thiocarbonyl (C=S) groups is 1. The number of thioether (sulfide) groups is 1. The molecule has 116 valence electrons. The lowest BCUT2D eigenvalue weighted by molar-refractivity contribution is 0.854. The van der Waals surface area contributed by atoms with Gasteiger partial charge >= 0.3 is 0 Å². The van der Waals surface area contributed by atoms with Crippen molar-refractivity contribution >= 4 is 46.4 Å². The predicted octanol–water partition coefficient (Wildman–Crippen LogP) is 4.34. The SMILES string of the molecule is S=C(NCCCSCc1ccccc1Cl)Nc1ccncc1. The molecule has 2 rings (SSSR count). The molecule has 0 spiro atoms. The van der Waals surface area contributed by atoms with Gasteiger partial charge in [-0.2, -0.15) is 11.8 Å². The van der Waals surface area contributed by atoms with E-state index in [1.54, 1.807) is 12.4 Å². The lowest BCUT2D eigenvalue weighted by atomic mass is 10.2. The summed E-state index contributed by atoms with van der Waals surface area (Å²) in [5, 5.41) is 7.81. The Labute approximate surface area is 145 Å². The zero-order valence-corrected chi connectivity index (χ0v) is 14.5. The molecule has 0 aliphatic carbocycles. The van der Waals surface area contributed by atoms with Gasteiger partial charge in [-0.15, -0.1) is 0 Å². The fraction of sp³-hybridized carbons (Fsp3) is 0.250. The van der Waals surface area contributed by atoms with E-state index in [1.165, 1.54) is 5.56 Å². The van der Waals surface area contributed by atoms with Crippen molar-refractivity contribution in [3.63, 3.8) is 0 Å². The lowest BCUT2D eigenvalue weighted by Crippen LogP contribution is -2.29. The van der Waals surface area contributed by atoms with Gasteiger partial charge in [0.05, 0.1) is 0 Å². The largest absolute Gasteiger partial charge is 0.362 e. The summed E-state index contributed by atoms with van der Waals surface area (Å²) in [4.78, 5) is 3.96. The van der Waals surface area contributed by atoms with Crippen LogP contribution in [0.1, 0.15) is 12.0 Å². The number of aromatic nitrogens is 1. The molecule has 0 radical (unpaired) electrons. The number of anilines is 1. The maximum absolute atomic E-state index is 6.13. The standard InChI is InChI=1S/C16H18ClN3S2/c17-15-5-2-1-4-13(15)12-22-11-3-8-19-16(21)20-14-6-9-18-10-7-14/h1-2,4-7,9-10H,3,8,11-12H2,(H2,18,19,20,21). The Morgan fingerprint density at radius 3 is 2.73 bits per heavy atom. The first kappa shape index (κ1) is 17.1. The highest BCUT2D eigenvalue weighted by Gasteiger charge is 2.00. The Morgan fingerprint density at radius 1 is 1.18 bits per heavy atom. The second-order valence-corrected chi connectivity index (χ2v) is 6.53. The Bertz CT molecular complexity index is 593. The third-order valence-electron chi connectivity index (χ3n) is 2.90. The smallest absolute Gasteiger partial charge is 0.170 e. The monoisotopic (exact) mass is 351 g/mol. The quantitative estimate of drug-likeness (QED) is 0.573. The molecule has 0 fully saturated rings. The van der Waals surface area contributed by atoms with Crippen LogP contribution in [0.25, 0.3) is 0 Å². The van der Waals surface area contributed by atoms with Gasteiger partial charge in [-0.25, -0.2) is 0 Å². The summed E-state index contributed by atoms with van der Waals surface area (Å²) in [5.74, 6) is 2.01. The highest BCUT2D eigenvalue weighted by atomic mass is 35.5. The zero-order chi connectivity index (χ0) is 15.6. The van der Waals surface area contributed by atoms with E-state index in [1.807, 2.05) is 42.1 Å². The molecule has 0 aliphatic heterocycles. The van der Waals surface area contributed by atoms with E-state index in [9.17, 15) is 0 Å². The first-order chi connectivity index (χ1) is 10.8. The molecule has 22 heavy (non-hydrogen) atoms. The van der Waals surface area contributed by atoms with E-state index in [0.717, 1.165) is 35.2 Å². The second-order valence-electron chi connectivity index (χ2n) is 4.61. The van der Waals surface area contributed by atoms with Crippen LogP contribution in [-0.2, 0) is 5.75 Å². The average Bonchev–Trinajstić information content (AvgIpc) is 2.53. The van der Waals surface area contributed by atoms with Gasteiger partial charge in [0.2, 0.25) is 0 Å². The predicted molar refractivity (Wildman–Crippen MR) is 101 cm³/mol. The van der Waals surface area contributed by atoms with Crippen LogP contribution in [0.15, 0.2) is 48.8 Å². The third kappa shape index (κ3) is 6.22. The minimum atomic E-state index is 0.641. The van der Waals surface area contributed by atoms with Crippen LogP contribution in [0.3, 0.4) is 0 Å². The van der Waals surface area contributed by atoms with Crippen molar-refractivity contribution in [2.75, 3.05) is 17.6 Å². The van der Waals surface area contributed by atoms with Crippen molar-refractivity contribution in [3.8, 4) is 0 Å². The first-order valence-electron chi connectivity index (χ1n) is 7.02. The number of rotatable bonds is 7. The van der Waals surface area contributed by atoms with Gasteiger partial charge in [-0.1, -0.05) is 29.8 Å². The van der Waals surface area contributed by atoms with Crippen molar-refractivity contribution < 1.29 is 0 Å². The van der Waals surface area contributed by atoms with Gasteiger partial charge < -0.3 is 10.6 Å². The summed E-state index contributed by atoms with van der Waals surface area (Å²) in [7, 11) is 0. The topological polar surface area (TPSA) is 37.0 Å². The van der Waals surface area contributed by atoms with Crippen molar-refractivity contribution in [3.05, 3.63) is 59.4 Å². The molecule has 2 aromatic rings. The molecular weight excluding hydrogens is 334 g/mol. The van der Waals surface area contributed by atoms with Crippen molar-refractivity contribution in [2.45, 2.75) is 12.2 Å². The van der Waals surface area contributed by atoms with Crippen LogP contribution in [-0.4, -0.2) is 22.4 Å². The summed E-state index contributed by atoms with van der Waals surface area (Å²) in [6.45, 7) is 0.854. The van der Waals surface area contributed by atoms with E-state index in [0.29, 0.717) is 5.11 Å². The second kappa shape index (κ2) is 9.66. The molecule has 1 heterocycles. The van der Waals surface area contributed by atoms with Crippen LogP contribution in [0.5, 0.6) is 0 Å². The minimum absolute atomic E-state index is 0.641. The number of benzene rings is 1. The Balaban J connectivity index is 1.56. The van der Waals surface area contributed by atoms with Crippen molar-refractivity contribution in [1.29, 1.82) is 0 Å². The molecule has 0 saturated heterocycles. The van der Waals surface area contributed by atoms with Gasteiger partial charge in [0.25, 0.3) is 0 Å². The zero-order valence-electron chi connectivity index (χ0n) is 12.1. The third-order valence-corrected chi connectivity index (χ3v) is 4.61. The van der Waals surface area contributed by atoms with Gasteiger partial charge in [0.1, 0.15) is 0 Å². The van der Waals surface area contributed by atoms with Gasteiger partial charge in [0, 0.05) is 35.4 Å². The molecule has 3 nitrogen and oxygen atoms in total. The maximum atomic E-state index is 6.13. The van der Waals surface area contributed by atoms with Crippen LogP contribution in [0, 0.1) is 0 Å². The summed E-state index contributed by atoms with van der Waals surface area (Å²) < 4.78 is 0. The Morgan fingerprint density at radius 2 is 1.95 bits per heavy atom. The molecule has 0 saturated carbocycles. The normalized spacial score (nSPS) is 10.2. The lowest BCUT2D eigenvalue weighted by Gasteiger charge is -2.10. The van der Waals surface area contributed by atoms with Gasteiger partial charge in [-0.05, 0) is 48.2 Å². The molecule has 0 atom stereocenters.